The number of fused-ring (bicyclic) bond motifs is 1. The molecule has 1 saturated heterocycles. The third-order valence-corrected chi connectivity index (χ3v) is 6.02. The van der Waals surface area contributed by atoms with Crippen LogP contribution >= 0.6 is 0 Å². The Balaban J connectivity index is 1.15. The van der Waals surface area contributed by atoms with Crippen molar-refractivity contribution in [2.45, 2.75) is 25.4 Å². The summed E-state index contributed by atoms with van der Waals surface area (Å²) >= 11 is 0. The minimum atomic E-state index is -0.307. The maximum atomic E-state index is 13.4. The summed E-state index contributed by atoms with van der Waals surface area (Å²) in [5.41, 5.74) is 3.96. The van der Waals surface area contributed by atoms with Crippen molar-refractivity contribution in [2.24, 2.45) is 0 Å². The Morgan fingerprint density at radius 2 is 1.94 bits per heavy atom. The number of hydrogen-bond donors (Lipinski definition) is 1. The zero-order valence-corrected chi connectivity index (χ0v) is 17.6. The molecule has 2 aromatic carbocycles. The molecule has 32 heavy (non-hydrogen) atoms. The van der Waals surface area contributed by atoms with Gasteiger partial charge in [0.15, 0.2) is 0 Å². The Bertz CT molecular complexity index is 1230. The van der Waals surface area contributed by atoms with Gasteiger partial charge in [0, 0.05) is 48.4 Å². The molecule has 6 heteroatoms. The summed E-state index contributed by atoms with van der Waals surface area (Å²) in [7, 11) is 0. The number of para-hydroxylation sites is 1. The van der Waals surface area contributed by atoms with Gasteiger partial charge in [-0.25, -0.2) is 4.39 Å². The minimum absolute atomic E-state index is 0.123. The van der Waals surface area contributed by atoms with Gasteiger partial charge in [-0.1, -0.05) is 30.3 Å². The lowest BCUT2D eigenvalue weighted by atomic mass is 10.0. The van der Waals surface area contributed by atoms with Crippen LogP contribution in [-0.2, 0) is 6.54 Å². The number of aromatic nitrogens is 1. The summed E-state index contributed by atoms with van der Waals surface area (Å²) in [6.45, 7) is 2.69. The number of benzene rings is 2. The molecule has 5 rings (SSSR count). The highest BCUT2D eigenvalue weighted by Crippen LogP contribution is 2.24. The first-order valence-corrected chi connectivity index (χ1v) is 10.9. The molecule has 162 valence electrons. The molecule has 5 nitrogen and oxygen atoms in total. The molecule has 0 spiro atoms. The van der Waals surface area contributed by atoms with Crippen LogP contribution in [0.1, 0.15) is 28.8 Å². The normalized spacial score (nSPS) is 15.2. The first-order chi connectivity index (χ1) is 15.7. The molecule has 0 radical (unpaired) electrons. The molecule has 0 atom stereocenters. The fourth-order valence-corrected chi connectivity index (χ4v) is 4.25. The Hall–Kier alpha value is -3.51. The monoisotopic (exact) mass is 429 g/mol. The van der Waals surface area contributed by atoms with Crippen molar-refractivity contribution in [3.63, 3.8) is 0 Å². The quantitative estimate of drug-likeness (QED) is 0.484. The van der Waals surface area contributed by atoms with Crippen molar-refractivity contribution in [1.29, 1.82) is 0 Å². The number of pyridine rings is 1. The smallest absolute Gasteiger partial charge is 0.253 e. The summed E-state index contributed by atoms with van der Waals surface area (Å²) in [6, 6.07) is 18.0. The van der Waals surface area contributed by atoms with Gasteiger partial charge in [-0.3, -0.25) is 14.7 Å². The molecule has 0 saturated carbocycles. The number of amides is 1. The SMILES string of the molecule is O=C(NC1CCN(Cc2coc3ccccc23)CC1)c1ccc(-c2cccc(F)c2)nc1. The van der Waals surface area contributed by atoms with Gasteiger partial charge in [-0.15, -0.1) is 0 Å². The Kier molecular flexibility index (Phi) is 5.69. The van der Waals surface area contributed by atoms with E-state index in [-0.39, 0.29) is 17.8 Å². The summed E-state index contributed by atoms with van der Waals surface area (Å²) < 4.78 is 19.1. The molecular weight excluding hydrogens is 405 g/mol. The van der Waals surface area contributed by atoms with Crippen LogP contribution in [0.2, 0.25) is 0 Å². The molecular formula is C26H24FN3O2. The van der Waals surface area contributed by atoms with Crippen molar-refractivity contribution in [3.8, 4) is 11.3 Å². The molecule has 1 aliphatic rings. The summed E-state index contributed by atoms with van der Waals surface area (Å²) in [5.74, 6) is -0.430. The van der Waals surface area contributed by atoms with Crippen LogP contribution in [0.3, 0.4) is 0 Å². The number of halogens is 1. The third-order valence-electron chi connectivity index (χ3n) is 6.02. The van der Waals surface area contributed by atoms with Crippen molar-refractivity contribution in [1.82, 2.24) is 15.2 Å². The third kappa shape index (κ3) is 4.41. The second-order valence-electron chi connectivity index (χ2n) is 8.22. The molecule has 1 aliphatic heterocycles. The van der Waals surface area contributed by atoms with Crippen molar-refractivity contribution < 1.29 is 13.6 Å². The van der Waals surface area contributed by atoms with Crippen LogP contribution in [0.4, 0.5) is 4.39 Å². The fraction of sp³-hybridized carbons (Fsp3) is 0.231. The maximum Gasteiger partial charge on any atom is 0.253 e. The second kappa shape index (κ2) is 8.93. The topological polar surface area (TPSA) is 58.4 Å². The van der Waals surface area contributed by atoms with Gasteiger partial charge in [-0.2, -0.15) is 0 Å². The average molecular weight is 429 g/mol. The van der Waals surface area contributed by atoms with E-state index in [9.17, 15) is 9.18 Å². The van der Waals surface area contributed by atoms with Crippen LogP contribution in [0.15, 0.2) is 77.5 Å². The lowest BCUT2D eigenvalue weighted by Gasteiger charge is -2.32. The van der Waals surface area contributed by atoms with Crippen molar-refractivity contribution in [2.75, 3.05) is 13.1 Å². The van der Waals surface area contributed by atoms with E-state index in [0.717, 1.165) is 43.4 Å². The number of carbonyl (C=O) groups is 1. The number of carbonyl (C=O) groups excluding carboxylic acids is 1. The van der Waals surface area contributed by atoms with Crippen LogP contribution in [0.5, 0.6) is 0 Å². The number of hydrogen-bond acceptors (Lipinski definition) is 4. The number of nitrogens with zero attached hydrogens (tertiary/aromatic N) is 2. The van der Waals surface area contributed by atoms with E-state index >= 15 is 0 Å². The summed E-state index contributed by atoms with van der Waals surface area (Å²) in [4.78, 5) is 19.4. The van der Waals surface area contributed by atoms with E-state index in [2.05, 4.69) is 21.3 Å². The van der Waals surface area contributed by atoms with E-state index < -0.39 is 0 Å². The highest BCUT2D eigenvalue weighted by atomic mass is 19.1. The van der Waals surface area contributed by atoms with Crippen LogP contribution in [0, 0.1) is 5.82 Å². The largest absolute Gasteiger partial charge is 0.464 e. The van der Waals surface area contributed by atoms with Crippen LogP contribution in [0.25, 0.3) is 22.2 Å². The van der Waals surface area contributed by atoms with Gasteiger partial charge in [0.25, 0.3) is 5.91 Å². The van der Waals surface area contributed by atoms with Crippen LogP contribution in [-0.4, -0.2) is 34.9 Å². The van der Waals surface area contributed by atoms with Crippen molar-refractivity contribution in [3.05, 3.63) is 90.1 Å². The molecule has 0 unspecified atom stereocenters. The van der Waals surface area contributed by atoms with Gasteiger partial charge < -0.3 is 9.73 Å². The lowest BCUT2D eigenvalue weighted by Crippen LogP contribution is -2.44. The van der Waals surface area contributed by atoms with E-state index in [1.165, 1.54) is 17.7 Å². The summed E-state index contributed by atoms with van der Waals surface area (Å²) in [6.07, 6.45) is 5.19. The van der Waals surface area contributed by atoms with Gasteiger partial charge in [-0.05, 0) is 43.2 Å². The molecule has 4 aromatic rings. The van der Waals surface area contributed by atoms with Gasteiger partial charge >= 0.3 is 0 Å². The number of rotatable bonds is 5. The molecule has 1 amide bonds. The van der Waals surface area contributed by atoms with Gasteiger partial charge in [0.05, 0.1) is 17.5 Å². The predicted octanol–water partition coefficient (Wildman–Crippen LogP) is 5.03. The Morgan fingerprint density at radius 3 is 2.72 bits per heavy atom. The highest BCUT2D eigenvalue weighted by molar-refractivity contribution is 5.94. The summed E-state index contributed by atoms with van der Waals surface area (Å²) in [5, 5.41) is 4.29. The highest BCUT2D eigenvalue weighted by Gasteiger charge is 2.22. The zero-order valence-electron chi connectivity index (χ0n) is 17.6. The minimum Gasteiger partial charge on any atom is -0.464 e. The number of piperidine rings is 1. The molecule has 2 aromatic heterocycles. The number of nitrogens with one attached hydrogen (secondary N) is 1. The van der Waals surface area contributed by atoms with E-state index in [4.69, 9.17) is 4.42 Å². The standard InChI is InChI=1S/C26H24FN3O2/c27-21-5-3-4-18(14-21)24-9-8-19(15-28-24)26(31)29-22-10-12-30(13-11-22)16-20-17-32-25-7-2-1-6-23(20)25/h1-9,14-15,17,22H,10-13,16H2,(H,29,31). The van der Waals surface area contributed by atoms with E-state index in [0.29, 0.717) is 16.8 Å². The molecule has 0 aliphatic carbocycles. The van der Waals surface area contributed by atoms with E-state index in [1.807, 2.05) is 24.5 Å². The number of furan rings is 1. The average Bonchev–Trinajstić information content (AvgIpc) is 3.23. The molecule has 1 fully saturated rings. The van der Waals surface area contributed by atoms with Crippen molar-refractivity contribution >= 4 is 16.9 Å². The van der Waals surface area contributed by atoms with Gasteiger partial charge in [0.1, 0.15) is 11.4 Å². The lowest BCUT2D eigenvalue weighted by molar-refractivity contribution is 0.0908. The zero-order chi connectivity index (χ0) is 21.9. The molecule has 0 bridgehead atoms. The number of likely N-dealkylation sites (tertiary alicyclic amines) is 1. The Morgan fingerprint density at radius 1 is 1.09 bits per heavy atom. The second-order valence-corrected chi connectivity index (χ2v) is 8.22. The van der Waals surface area contributed by atoms with Crippen LogP contribution < -0.4 is 5.32 Å². The fourth-order valence-electron chi connectivity index (χ4n) is 4.25. The first kappa shape index (κ1) is 20.4. The Labute approximate surface area is 185 Å². The van der Waals surface area contributed by atoms with Gasteiger partial charge in [0.2, 0.25) is 0 Å². The predicted molar refractivity (Wildman–Crippen MR) is 122 cm³/mol. The molecule has 1 N–H and O–H groups in total. The maximum absolute atomic E-state index is 13.4. The van der Waals surface area contributed by atoms with E-state index in [1.54, 1.807) is 30.5 Å². The first-order valence-electron chi connectivity index (χ1n) is 10.9. The molecule has 3 heterocycles.